The lowest BCUT2D eigenvalue weighted by Crippen LogP contribution is -2.42. The van der Waals surface area contributed by atoms with Gasteiger partial charge in [0.15, 0.2) is 0 Å². The highest BCUT2D eigenvalue weighted by Gasteiger charge is 2.48. The lowest BCUT2D eigenvalue weighted by atomic mass is 10.0. The van der Waals surface area contributed by atoms with Gasteiger partial charge in [-0.2, -0.15) is 9.57 Å². The molecule has 0 radical (unpaired) electrons. The van der Waals surface area contributed by atoms with Gasteiger partial charge in [0.05, 0.1) is 0 Å². The number of halogens is 1. The summed E-state index contributed by atoms with van der Waals surface area (Å²) in [6.07, 6.45) is 0.786. The van der Waals surface area contributed by atoms with Gasteiger partial charge >= 0.3 is 0 Å². The first kappa shape index (κ1) is 14.4. The fourth-order valence-electron chi connectivity index (χ4n) is 3.48. The van der Waals surface area contributed by atoms with Crippen molar-refractivity contribution in [1.82, 2.24) is 9.62 Å². The average molecular weight is 309 g/mol. The Morgan fingerprint density at radius 3 is 2.90 bits per heavy atom. The van der Waals surface area contributed by atoms with E-state index < -0.39 is 21.4 Å². The van der Waals surface area contributed by atoms with E-state index in [9.17, 15) is 12.8 Å². The zero-order chi connectivity index (χ0) is 15.2. The van der Waals surface area contributed by atoms with Crippen LogP contribution in [0.2, 0.25) is 0 Å². The van der Waals surface area contributed by atoms with Crippen LogP contribution in [-0.2, 0) is 10.0 Å². The minimum atomic E-state index is -3.88. The Bertz CT molecular complexity index is 713. The highest BCUT2D eigenvalue weighted by molar-refractivity contribution is 7.89. The summed E-state index contributed by atoms with van der Waals surface area (Å²) in [5, 5.41) is 12.3. The molecule has 1 N–H and O–H groups in total. The third kappa shape index (κ3) is 2.14. The molecule has 2 aliphatic rings. The van der Waals surface area contributed by atoms with Gasteiger partial charge in [-0.15, -0.1) is 0 Å². The van der Waals surface area contributed by atoms with Gasteiger partial charge in [0, 0.05) is 18.6 Å². The van der Waals surface area contributed by atoms with Crippen LogP contribution in [0.25, 0.3) is 0 Å². The molecular weight excluding hydrogens is 293 g/mol. The van der Waals surface area contributed by atoms with Crippen molar-refractivity contribution >= 4 is 10.0 Å². The molecule has 0 bridgehead atoms. The van der Waals surface area contributed by atoms with Crippen LogP contribution >= 0.6 is 0 Å². The van der Waals surface area contributed by atoms with E-state index in [0.717, 1.165) is 19.0 Å². The quantitative estimate of drug-likeness (QED) is 0.887. The van der Waals surface area contributed by atoms with Crippen LogP contribution in [-0.4, -0.2) is 37.9 Å². The van der Waals surface area contributed by atoms with Crippen molar-refractivity contribution in [1.29, 1.82) is 5.26 Å². The molecule has 112 valence electrons. The molecule has 0 saturated carbocycles. The van der Waals surface area contributed by atoms with Gasteiger partial charge in [-0.05, 0) is 37.9 Å². The maximum Gasteiger partial charge on any atom is 0.245 e. The van der Waals surface area contributed by atoms with E-state index in [1.54, 1.807) is 6.07 Å². The highest BCUT2D eigenvalue weighted by Crippen LogP contribution is 2.37. The molecule has 21 heavy (non-hydrogen) atoms. The summed E-state index contributed by atoms with van der Waals surface area (Å²) >= 11 is 0. The summed E-state index contributed by atoms with van der Waals surface area (Å²) in [4.78, 5) is -0.232. The number of fused-ring (bicyclic) bond motifs is 1. The van der Waals surface area contributed by atoms with Gasteiger partial charge < -0.3 is 5.32 Å². The van der Waals surface area contributed by atoms with Crippen LogP contribution in [0.5, 0.6) is 0 Å². The van der Waals surface area contributed by atoms with Crippen molar-refractivity contribution in [2.75, 3.05) is 13.1 Å². The lowest BCUT2D eigenvalue weighted by Gasteiger charge is -2.27. The molecule has 0 spiro atoms. The molecule has 2 heterocycles. The second-order valence-corrected chi connectivity index (χ2v) is 7.44. The zero-order valence-corrected chi connectivity index (χ0v) is 12.4. The van der Waals surface area contributed by atoms with Crippen LogP contribution in [0.3, 0.4) is 0 Å². The minimum Gasteiger partial charge on any atom is -0.315 e. The van der Waals surface area contributed by atoms with Gasteiger partial charge in [-0.3, -0.25) is 0 Å². The van der Waals surface area contributed by atoms with Gasteiger partial charge in [0.25, 0.3) is 0 Å². The predicted octanol–water partition coefficient (Wildman–Crippen LogP) is 1.07. The smallest absolute Gasteiger partial charge is 0.245 e. The van der Waals surface area contributed by atoms with Gasteiger partial charge in [0.1, 0.15) is 22.3 Å². The maximum atomic E-state index is 13.7. The minimum absolute atomic E-state index is 0.111. The van der Waals surface area contributed by atoms with E-state index in [1.165, 1.54) is 16.4 Å². The Kier molecular flexibility index (Phi) is 3.48. The molecule has 2 saturated heterocycles. The molecule has 2 fully saturated rings. The summed E-state index contributed by atoms with van der Waals surface area (Å²) in [5.74, 6) is -0.514. The van der Waals surface area contributed by atoms with Crippen LogP contribution < -0.4 is 5.32 Å². The molecule has 0 amide bonds. The SMILES string of the molecule is CC1CC2CNCC2N1S(=O)(=O)c1cccc(F)c1C#N. The summed E-state index contributed by atoms with van der Waals surface area (Å²) < 4.78 is 41.0. The molecule has 5 nitrogen and oxygen atoms in total. The van der Waals surface area contributed by atoms with Crippen LogP contribution in [0.15, 0.2) is 23.1 Å². The molecular formula is C14H16FN3O2S. The van der Waals surface area contributed by atoms with E-state index in [1.807, 2.05) is 6.92 Å². The van der Waals surface area contributed by atoms with E-state index in [4.69, 9.17) is 5.26 Å². The predicted molar refractivity (Wildman–Crippen MR) is 74.4 cm³/mol. The Morgan fingerprint density at radius 1 is 1.43 bits per heavy atom. The number of nitrogens with one attached hydrogen (secondary N) is 1. The summed E-state index contributed by atoms with van der Waals surface area (Å²) in [5.41, 5.74) is -0.404. The van der Waals surface area contributed by atoms with Crippen LogP contribution in [0, 0.1) is 23.1 Å². The largest absolute Gasteiger partial charge is 0.315 e. The van der Waals surface area contributed by atoms with Crippen LogP contribution in [0.1, 0.15) is 18.9 Å². The van der Waals surface area contributed by atoms with Crippen molar-refractivity contribution in [2.45, 2.75) is 30.3 Å². The monoisotopic (exact) mass is 309 g/mol. The van der Waals surface area contributed by atoms with E-state index in [2.05, 4.69) is 5.32 Å². The second kappa shape index (κ2) is 5.05. The topological polar surface area (TPSA) is 73.2 Å². The molecule has 3 atom stereocenters. The lowest BCUT2D eigenvalue weighted by molar-refractivity contribution is 0.335. The Balaban J connectivity index is 2.09. The maximum absolute atomic E-state index is 13.7. The second-order valence-electron chi connectivity index (χ2n) is 5.63. The molecule has 3 unspecified atom stereocenters. The molecule has 2 aliphatic heterocycles. The van der Waals surface area contributed by atoms with Crippen molar-refractivity contribution in [3.63, 3.8) is 0 Å². The van der Waals surface area contributed by atoms with E-state index in [0.29, 0.717) is 6.54 Å². The molecule has 3 rings (SSSR count). The van der Waals surface area contributed by atoms with Crippen molar-refractivity contribution in [3.05, 3.63) is 29.6 Å². The third-order valence-corrected chi connectivity index (χ3v) is 6.43. The number of hydrogen-bond acceptors (Lipinski definition) is 4. The number of rotatable bonds is 2. The summed E-state index contributed by atoms with van der Waals surface area (Å²) in [6, 6.07) is 5.16. The Morgan fingerprint density at radius 2 is 2.19 bits per heavy atom. The van der Waals surface area contributed by atoms with Crippen LogP contribution in [0.4, 0.5) is 4.39 Å². The Labute approximate surface area is 123 Å². The van der Waals surface area contributed by atoms with Gasteiger partial charge in [0.2, 0.25) is 10.0 Å². The molecule has 0 aromatic heterocycles. The first-order chi connectivity index (χ1) is 9.96. The zero-order valence-electron chi connectivity index (χ0n) is 11.6. The highest BCUT2D eigenvalue weighted by atomic mass is 32.2. The number of sulfonamides is 1. The standard InChI is InChI=1S/C14H16FN3O2S/c1-9-5-10-7-17-8-13(10)18(9)21(19,20)14-4-2-3-12(15)11(14)6-16/h2-4,9-10,13,17H,5,7-8H2,1H3. The fourth-order valence-corrected chi connectivity index (χ4v) is 5.52. The average Bonchev–Trinajstić information content (AvgIpc) is 2.97. The first-order valence-electron chi connectivity index (χ1n) is 6.89. The van der Waals surface area contributed by atoms with E-state index >= 15 is 0 Å². The normalized spacial score (nSPS) is 29.3. The number of nitrogens with zero attached hydrogens (tertiary/aromatic N) is 2. The molecule has 0 aliphatic carbocycles. The molecule has 7 heteroatoms. The fraction of sp³-hybridized carbons (Fsp3) is 0.500. The summed E-state index contributed by atoms with van der Waals surface area (Å²) in [7, 11) is -3.88. The summed E-state index contributed by atoms with van der Waals surface area (Å²) in [6.45, 7) is 3.27. The van der Waals surface area contributed by atoms with Crippen molar-refractivity contribution in [3.8, 4) is 6.07 Å². The first-order valence-corrected chi connectivity index (χ1v) is 8.33. The Hall–Kier alpha value is -1.49. The number of benzene rings is 1. The number of nitriles is 1. The third-order valence-electron chi connectivity index (χ3n) is 4.35. The molecule has 1 aromatic rings. The molecule has 1 aromatic carbocycles. The van der Waals surface area contributed by atoms with Crippen molar-refractivity contribution < 1.29 is 12.8 Å². The van der Waals surface area contributed by atoms with Gasteiger partial charge in [-0.25, -0.2) is 12.8 Å². The van der Waals surface area contributed by atoms with Crippen molar-refractivity contribution in [2.24, 2.45) is 5.92 Å². The number of hydrogen-bond donors (Lipinski definition) is 1. The van der Waals surface area contributed by atoms with E-state index in [-0.39, 0.29) is 22.9 Å². The van der Waals surface area contributed by atoms with Gasteiger partial charge in [-0.1, -0.05) is 6.07 Å².